The summed E-state index contributed by atoms with van der Waals surface area (Å²) >= 11 is 1.93. The molecule has 2 aliphatic rings. The van der Waals surface area contributed by atoms with E-state index in [4.69, 9.17) is 0 Å². The van der Waals surface area contributed by atoms with Crippen LogP contribution < -0.4 is 21.3 Å². The Morgan fingerprint density at radius 2 is 0.813 bits per heavy atom. The third kappa shape index (κ3) is 7.56. The molecular weight excluding hydrogens is 922 g/mol. The van der Waals surface area contributed by atoms with E-state index in [9.17, 15) is 0 Å². The molecule has 0 spiro atoms. The van der Waals surface area contributed by atoms with Gasteiger partial charge in [0.05, 0.1) is 5.69 Å². The summed E-state index contributed by atoms with van der Waals surface area (Å²) in [4.78, 5) is 5.31. The van der Waals surface area contributed by atoms with E-state index < -0.39 is 0 Å². The number of rotatable bonds is 7. The van der Waals surface area contributed by atoms with Gasteiger partial charge in [0.25, 0.3) is 0 Å². The Morgan fingerprint density at radius 3 is 1.39 bits per heavy atom. The average molecular weight is 974 g/mol. The lowest BCUT2D eigenvalue weighted by Gasteiger charge is -2.43. The van der Waals surface area contributed by atoms with E-state index in [0.29, 0.717) is 0 Å². The molecule has 12 aromatic carbocycles. The van der Waals surface area contributed by atoms with E-state index in [0.717, 1.165) is 0 Å². The van der Waals surface area contributed by atoms with Crippen LogP contribution in [0.2, 0.25) is 0 Å². The molecule has 0 unspecified atom stereocenters. The number of para-hydroxylation sites is 1. The molecule has 0 saturated carbocycles. The second-order valence-electron chi connectivity index (χ2n) is 21.1. The highest BCUT2D eigenvalue weighted by atomic mass is 32.2. The van der Waals surface area contributed by atoms with Crippen molar-refractivity contribution in [2.45, 2.75) is 36.0 Å². The van der Waals surface area contributed by atoms with Gasteiger partial charge >= 0.3 is 0 Å². The topological polar surface area (TPSA) is 3.24 Å². The summed E-state index contributed by atoms with van der Waals surface area (Å²) in [5.74, 6) is 0. The molecule has 14 rings (SSSR count). The lowest BCUT2D eigenvalue weighted by Crippen LogP contribution is -2.60. The Bertz CT molecular complexity index is 4070. The van der Waals surface area contributed by atoms with E-state index in [1.165, 1.54) is 137 Å². The van der Waals surface area contributed by atoms with Gasteiger partial charge in [0.15, 0.2) is 0 Å². The van der Waals surface area contributed by atoms with Crippen molar-refractivity contribution in [2.75, 3.05) is 4.90 Å². The number of nitrogens with zero attached hydrogens (tertiary/aromatic N) is 1. The first-order valence-corrected chi connectivity index (χ1v) is 27.0. The Kier molecular flexibility index (Phi) is 10.9. The van der Waals surface area contributed by atoms with Crippen LogP contribution in [0.3, 0.4) is 0 Å². The highest BCUT2D eigenvalue weighted by Gasteiger charge is 2.43. The number of hydrogen-bond acceptors (Lipinski definition) is 2. The van der Waals surface area contributed by atoms with Crippen molar-refractivity contribution in [3.05, 3.63) is 266 Å². The molecule has 0 saturated heterocycles. The maximum atomic E-state index is 2.68. The van der Waals surface area contributed by atoms with Gasteiger partial charge in [-0.25, -0.2) is 0 Å². The van der Waals surface area contributed by atoms with Crippen LogP contribution in [0, 0.1) is 0 Å². The molecule has 0 aliphatic carbocycles. The summed E-state index contributed by atoms with van der Waals surface area (Å²) in [7, 11) is 0. The van der Waals surface area contributed by atoms with Gasteiger partial charge in [0, 0.05) is 32.3 Å². The van der Waals surface area contributed by atoms with Crippen LogP contribution in [-0.2, 0) is 5.41 Å². The van der Waals surface area contributed by atoms with Crippen molar-refractivity contribution in [2.24, 2.45) is 0 Å². The maximum Gasteiger partial charge on any atom is 0.249 e. The summed E-state index contributed by atoms with van der Waals surface area (Å²) < 4.78 is 0. The number of fused-ring (bicyclic) bond motifs is 6. The Hall–Kier alpha value is -8.63. The molecule has 354 valence electrons. The first-order chi connectivity index (χ1) is 36.9. The zero-order valence-corrected chi connectivity index (χ0v) is 43.1. The van der Waals surface area contributed by atoms with Crippen molar-refractivity contribution < 1.29 is 0 Å². The van der Waals surface area contributed by atoms with Gasteiger partial charge in [-0.05, 0) is 123 Å². The highest BCUT2D eigenvalue weighted by Crippen LogP contribution is 2.52. The van der Waals surface area contributed by atoms with Crippen LogP contribution in [0.15, 0.2) is 271 Å². The smallest absolute Gasteiger partial charge is 0.249 e. The summed E-state index contributed by atoms with van der Waals surface area (Å²) in [6.07, 6.45) is 0. The number of hydrogen-bond donors (Lipinski definition) is 0. The zero-order valence-electron chi connectivity index (χ0n) is 42.3. The molecule has 0 atom stereocenters. The van der Waals surface area contributed by atoms with Crippen LogP contribution in [-0.4, -0.2) is 6.71 Å². The molecule has 3 heteroatoms. The largest absolute Gasteiger partial charge is 0.310 e. The Morgan fingerprint density at radius 1 is 0.333 bits per heavy atom. The molecule has 75 heavy (non-hydrogen) atoms. The minimum absolute atomic E-state index is 0.0151. The predicted molar refractivity (Wildman–Crippen MR) is 323 cm³/mol. The van der Waals surface area contributed by atoms with Gasteiger partial charge in [0.2, 0.25) is 6.71 Å². The lowest BCUT2D eigenvalue weighted by molar-refractivity contribution is 0.589. The van der Waals surface area contributed by atoms with Crippen molar-refractivity contribution in [3.8, 4) is 66.8 Å². The fourth-order valence-corrected chi connectivity index (χ4v) is 13.4. The SMILES string of the molecule is CC(C)(C)c1cc2c3c(c1)N(c1c(-c4ccccc4)cccc1-c1ccccc1)c1cc(-c4c5ccccc5c(-c5ccccc5-c5ccccc5)c5ccccc45)ccc1B3c1cc(-c3ccccc3)ccc1S2. The molecule has 12 aromatic rings. The molecule has 1 nitrogen and oxygen atoms in total. The molecule has 0 aromatic heterocycles. The number of benzene rings is 12. The Labute approximate surface area is 444 Å². The normalized spacial score (nSPS) is 12.6. The van der Waals surface area contributed by atoms with E-state index >= 15 is 0 Å². The van der Waals surface area contributed by atoms with Gasteiger partial charge in [-0.2, -0.15) is 0 Å². The molecule has 0 fully saturated rings. The molecular formula is C72H52BNS. The van der Waals surface area contributed by atoms with Crippen molar-refractivity contribution in [3.63, 3.8) is 0 Å². The predicted octanol–water partition coefficient (Wildman–Crippen LogP) is 18.1. The zero-order chi connectivity index (χ0) is 50.2. The molecule has 0 bridgehead atoms. The maximum absolute atomic E-state index is 2.68. The van der Waals surface area contributed by atoms with Gasteiger partial charge in [-0.3, -0.25) is 0 Å². The lowest BCUT2D eigenvalue weighted by atomic mass is 9.34. The van der Waals surface area contributed by atoms with Gasteiger partial charge in [-0.1, -0.05) is 275 Å². The van der Waals surface area contributed by atoms with Crippen molar-refractivity contribution >= 4 is 73.5 Å². The van der Waals surface area contributed by atoms with Gasteiger partial charge < -0.3 is 4.90 Å². The quantitative estimate of drug-likeness (QED) is 0.116. The summed E-state index contributed by atoms with van der Waals surface area (Å²) in [6.45, 7) is 7.06. The molecule has 0 amide bonds. The minimum atomic E-state index is -0.118. The summed E-state index contributed by atoms with van der Waals surface area (Å²) in [6, 6.07) is 97.5. The van der Waals surface area contributed by atoms with E-state index in [-0.39, 0.29) is 12.1 Å². The van der Waals surface area contributed by atoms with Crippen LogP contribution in [0.5, 0.6) is 0 Å². The van der Waals surface area contributed by atoms with Crippen LogP contribution >= 0.6 is 11.8 Å². The van der Waals surface area contributed by atoms with Crippen LogP contribution in [0.1, 0.15) is 26.3 Å². The third-order valence-electron chi connectivity index (χ3n) is 15.7. The third-order valence-corrected chi connectivity index (χ3v) is 16.8. The monoisotopic (exact) mass is 973 g/mol. The average Bonchev–Trinajstić information content (AvgIpc) is 3.48. The second-order valence-corrected chi connectivity index (χ2v) is 22.2. The van der Waals surface area contributed by atoms with Crippen molar-refractivity contribution in [1.29, 1.82) is 0 Å². The summed E-state index contributed by atoms with van der Waals surface area (Å²) in [5.41, 5.74) is 23.4. The fraction of sp³-hybridized carbons (Fsp3) is 0.0556. The number of anilines is 3. The second kappa shape index (κ2) is 18.1. The van der Waals surface area contributed by atoms with Crippen LogP contribution in [0.25, 0.3) is 88.3 Å². The molecule has 0 radical (unpaired) electrons. The van der Waals surface area contributed by atoms with Gasteiger partial charge in [0.1, 0.15) is 0 Å². The van der Waals surface area contributed by atoms with Gasteiger partial charge in [-0.15, -0.1) is 0 Å². The van der Waals surface area contributed by atoms with E-state index in [1.54, 1.807) is 0 Å². The van der Waals surface area contributed by atoms with E-state index in [2.05, 4.69) is 287 Å². The fourth-order valence-electron chi connectivity index (χ4n) is 12.2. The first-order valence-electron chi connectivity index (χ1n) is 26.2. The molecule has 0 N–H and O–H groups in total. The molecule has 2 heterocycles. The standard InChI is InChI=1S/C72H52BNS/c1-72(2,3)53-45-65-70-67(46-53)75-66-42-40-51(47-23-8-4-9-24-47)43-63(66)73(70)62-41-39-52(44-64(62)74(65)71-55(49-27-12-6-13-28-49)37-22-38-56(71)50-29-14-7-15-30-50)68-58-33-18-20-35-60(58)69(61-36-21-19-34-59(61)68)57-32-17-16-31-54(57)48-25-10-5-11-26-48/h4-46H,1-3H3. The van der Waals surface area contributed by atoms with E-state index in [1.807, 2.05) is 11.8 Å². The van der Waals surface area contributed by atoms with Crippen molar-refractivity contribution in [1.82, 2.24) is 0 Å². The summed E-state index contributed by atoms with van der Waals surface area (Å²) in [5, 5.41) is 4.94. The minimum Gasteiger partial charge on any atom is -0.310 e. The first kappa shape index (κ1) is 45.0. The van der Waals surface area contributed by atoms with Crippen LogP contribution in [0.4, 0.5) is 17.1 Å². The highest BCUT2D eigenvalue weighted by molar-refractivity contribution is 8.00. The Balaban J connectivity index is 1.10. The molecule has 2 aliphatic heterocycles.